The molecule has 0 amide bonds. The van der Waals surface area contributed by atoms with Crippen LogP contribution in [0.4, 0.5) is 0 Å². The Labute approximate surface area is 135 Å². The summed E-state index contributed by atoms with van der Waals surface area (Å²) in [5.41, 5.74) is 0.812. The Morgan fingerprint density at radius 2 is 2.00 bits per heavy atom. The number of hydrogen-bond acceptors (Lipinski definition) is 3. The molecule has 0 N–H and O–H groups in total. The summed E-state index contributed by atoms with van der Waals surface area (Å²) in [4.78, 5) is 17.7. The first kappa shape index (κ1) is 15.2. The van der Waals surface area contributed by atoms with Gasteiger partial charge in [-0.15, -0.1) is 0 Å². The van der Waals surface area contributed by atoms with Gasteiger partial charge in [0.05, 0.1) is 6.04 Å². The molecule has 3 nitrogen and oxygen atoms in total. The fraction of sp³-hybridized carbons (Fsp3) is 0.588. The lowest BCUT2D eigenvalue weighted by Crippen LogP contribution is -2.58. The maximum absolute atomic E-state index is 12.7. The van der Waals surface area contributed by atoms with E-state index >= 15 is 0 Å². The molecular formula is C17H23BrN2O. The zero-order valence-corrected chi connectivity index (χ0v) is 14.3. The monoisotopic (exact) mass is 350 g/mol. The minimum absolute atomic E-state index is 0.0380. The van der Waals surface area contributed by atoms with Crippen LogP contribution in [0, 0.1) is 0 Å². The lowest BCUT2D eigenvalue weighted by molar-refractivity contribution is 0.0311. The Hall–Kier alpha value is -0.710. The smallest absolute Gasteiger partial charge is 0.179 e. The lowest BCUT2D eigenvalue weighted by Gasteiger charge is -2.44. The van der Waals surface area contributed by atoms with Crippen LogP contribution in [0.25, 0.3) is 0 Å². The van der Waals surface area contributed by atoms with Gasteiger partial charge in [0.25, 0.3) is 0 Å². The van der Waals surface area contributed by atoms with E-state index in [1.807, 2.05) is 24.3 Å². The normalized spacial score (nSPS) is 28.3. The number of halogens is 1. The van der Waals surface area contributed by atoms with E-state index in [1.54, 1.807) is 0 Å². The van der Waals surface area contributed by atoms with Gasteiger partial charge in [0, 0.05) is 35.2 Å². The van der Waals surface area contributed by atoms with Crippen LogP contribution in [0.1, 0.15) is 37.0 Å². The summed E-state index contributed by atoms with van der Waals surface area (Å²) in [5, 5.41) is 0. The van der Waals surface area contributed by atoms with Crippen LogP contribution in [-0.4, -0.2) is 53.3 Å². The number of carbonyl (C=O) groups excluding carboxylic acids is 1. The maximum atomic E-state index is 12.7. The highest BCUT2D eigenvalue weighted by atomic mass is 79.9. The second-order valence-corrected chi connectivity index (χ2v) is 7.30. The highest BCUT2D eigenvalue weighted by Crippen LogP contribution is 2.26. The van der Waals surface area contributed by atoms with E-state index in [4.69, 9.17) is 0 Å². The summed E-state index contributed by atoms with van der Waals surface area (Å²) in [6, 6.07) is 8.79. The summed E-state index contributed by atoms with van der Waals surface area (Å²) >= 11 is 3.42. The van der Waals surface area contributed by atoms with Crippen LogP contribution < -0.4 is 0 Å². The number of rotatable bonds is 3. The van der Waals surface area contributed by atoms with E-state index < -0.39 is 0 Å². The zero-order valence-electron chi connectivity index (χ0n) is 12.8. The van der Waals surface area contributed by atoms with E-state index in [1.165, 1.54) is 19.4 Å². The quantitative estimate of drug-likeness (QED) is 0.782. The number of carbonyl (C=O) groups is 1. The fourth-order valence-electron chi connectivity index (χ4n) is 3.76. The molecule has 0 spiro atoms. The molecule has 2 aliphatic heterocycles. The minimum Gasteiger partial charge on any atom is -0.298 e. The van der Waals surface area contributed by atoms with Crippen molar-refractivity contribution < 1.29 is 4.79 Å². The number of Topliss-reactive ketones (excluding diaryl/α,β-unsaturated/α-hetero) is 1. The lowest BCUT2D eigenvalue weighted by atomic mass is 9.99. The number of fused-ring (bicyclic) bond motifs is 1. The number of ketones is 1. The molecule has 3 atom stereocenters. The summed E-state index contributed by atoms with van der Waals surface area (Å²) < 4.78 is 1.01. The SMILES string of the molecule is CC1CN2CCCC2CN1C(C)C(=O)c1ccc(Br)cc1. The Morgan fingerprint density at radius 3 is 2.71 bits per heavy atom. The first-order valence-electron chi connectivity index (χ1n) is 7.86. The van der Waals surface area contributed by atoms with E-state index in [0.717, 1.165) is 23.1 Å². The van der Waals surface area contributed by atoms with Gasteiger partial charge in [-0.25, -0.2) is 0 Å². The van der Waals surface area contributed by atoms with Gasteiger partial charge in [0.2, 0.25) is 0 Å². The van der Waals surface area contributed by atoms with Crippen molar-refractivity contribution in [3.63, 3.8) is 0 Å². The average Bonchev–Trinajstić information content (AvgIpc) is 2.93. The molecule has 2 aliphatic rings. The molecule has 0 saturated carbocycles. The van der Waals surface area contributed by atoms with Crippen molar-refractivity contribution in [3.8, 4) is 0 Å². The molecule has 1 aromatic carbocycles. The molecule has 0 radical (unpaired) electrons. The second-order valence-electron chi connectivity index (χ2n) is 6.38. The molecular weight excluding hydrogens is 328 g/mol. The number of piperazine rings is 1. The van der Waals surface area contributed by atoms with Gasteiger partial charge in [0.1, 0.15) is 0 Å². The molecule has 4 heteroatoms. The summed E-state index contributed by atoms with van der Waals surface area (Å²) in [6.07, 6.45) is 2.59. The van der Waals surface area contributed by atoms with E-state index in [2.05, 4.69) is 39.6 Å². The zero-order chi connectivity index (χ0) is 15.0. The Bertz CT molecular complexity index is 516. The molecule has 114 valence electrons. The highest BCUT2D eigenvalue weighted by molar-refractivity contribution is 9.10. The van der Waals surface area contributed by atoms with Gasteiger partial charge in [-0.05, 0) is 45.4 Å². The van der Waals surface area contributed by atoms with Crippen LogP contribution in [0.3, 0.4) is 0 Å². The first-order valence-corrected chi connectivity index (χ1v) is 8.65. The van der Waals surface area contributed by atoms with Gasteiger partial charge < -0.3 is 0 Å². The Kier molecular flexibility index (Phi) is 4.48. The van der Waals surface area contributed by atoms with Gasteiger partial charge in [-0.2, -0.15) is 0 Å². The fourth-order valence-corrected chi connectivity index (χ4v) is 4.02. The standard InChI is InChI=1S/C17H23BrN2O/c1-12-10-19-9-3-4-16(19)11-20(12)13(2)17(21)14-5-7-15(18)8-6-14/h5-8,12-13,16H,3-4,9-11H2,1-2H3. The van der Waals surface area contributed by atoms with Crippen molar-refractivity contribution in [1.29, 1.82) is 0 Å². The summed E-state index contributed by atoms with van der Waals surface area (Å²) in [7, 11) is 0. The molecule has 0 aromatic heterocycles. The average molecular weight is 351 g/mol. The van der Waals surface area contributed by atoms with Gasteiger partial charge in [-0.3, -0.25) is 14.6 Å². The Morgan fingerprint density at radius 1 is 1.29 bits per heavy atom. The van der Waals surface area contributed by atoms with Crippen LogP contribution in [-0.2, 0) is 0 Å². The summed E-state index contributed by atoms with van der Waals surface area (Å²) in [5.74, 6) is 0.237. The van der Waals surface area contributed by atoms with Crippen molar-refractivity contribution in [1.82, 2.24) is 9.80 Å². The third-order valence-electron chi connectivity index (χ3n) is 4.99. The third-order valence-corrected chi connectivity index (χ3v) is 5.52. The van der Waals surface area contributed by atoms with Crippen LogP contribution in [0.5, 0.6) is 0 Å². The van der Waals surface area contributed by atoms with E-state index in [-0.39, 0.29) is 11.8 Å². The summed E-state index contributed by atoms with van der Waals surface area (Å²) in [6.45, 7) is 7.68. The van der Waals surface area contributed by atoms with Gasteiger partial charge in [-0.1, -0.05) is 28.1 Å². The van der Waals surface area contributed by atoms with E-state index in [0.29, 0.717) is 12.1 Å². The molecule has 0 bridgehead atoms. The van der Waals surface area contributed by atoms with Crippen molar-refractivity contribution in [2.45, 2.75) is 44.8 Å². The second kappa shape index (κ2) is 6.19. The molecule has 21 heavy (non-hydrogen) atoms. The number of benzene rings is 1. The van der Waals surface area contributed by atoms with Crippen molar-refractivity contribution in [2.24, 2.45) is 0 Å². The molecule has 1 aromatic rings. The maximum Gasteiger partial charge on any atom is 0.179 e. The van der Waals surface area contributed by atoms with Gasteiger partial charge >= 0.3 is 0 Å². The van der Waals surface area contributed by atoms with Crippen molar-refractivity contribution in [2.75, 3.05) is 19.6 Å². The number of nitrogens with zero attached hydrogens (tertiary/aromatic N) is 2. The molecule has 2 fully saturated rings. The van der Waals surface area contributed by atoms with Crippen LogP contribution >= 0.6 is 15.9 Å². The minimum atomic E-state index is -0.0380. The van der Waals surface area contributed by atoms with Gasteiger partial charge in [0.15, 0.2) is 5.78 Å². The largest absolute Gasteiger partial charge is 0.298 e. The molecule has 0 aliphatic carbocycles. The molecule has 2 saturated heterocycles. The van der Waals surface area contributed by atoms with Crippen LogP contribution in [0.15, 0.2) is 28.7 Å². The third kappa shape index (κ3) is 3.08. The topological polar surface area (TPSA) is 23.6 Å². The van der Waals surface area contributed by atoms with E-state index in [9.17, 15) is 4.79 Å². The predicted molar refractivity (Wildman–Crippen MR) is 88.7 cm³/mol. The first-order chi connectivity index (χ1) is 10.1. The number of hydrogen-bond donors (Lipinski definition) is 0. The van der Waals surface area contributed by atoms with Crippen LogP contribution in [0.2, 0.25) is 0 Å². The predicted octanol–water partition coefficient (Wildman–Crippen LogP) is 3.19. The van der Waals surface area contributed by atoms with Crippen molar-refractivity contribution in [3.05, 3.63) is 34.3 Å². The Balaban J connectivity index is 1.73. The highest BCUT2D eigenvalue weighted by Gasteiger charge is 2.37. The molecule has 2 heterocycles. The van der Waals surface area contributed by atoms with Crippen molar-refractivity contribution >= 4 is 21.7 Å². The molecule has 3 unspecified atom stereocenters. The molecule has 3 rings (SSSR count).